The van der Waals surface area contributed by atoms with Crippen molar-refractivity contribution in [3.05, 3.63) is 51.7 Å². The Morgan fingerprint density at radius 1 is 1.21 bits per heavy atom. The quantitative estimate of drug-likeness (QED) is 0.437. The van der Waals surface area contributed by atoms with Crippen molar-refractivity contribution in [1.82, 2.24) is 15.6 Å². The number of nitrogens with zero attached hydrogens (tertiary/aromatic N) is 2. The molecule has 4 nitrogen and oxygen atoms in total. The van der Waals surface area contributed by atoms with Crippen molar-refractivity contribution in [2.45, 2.75) is 32.6 Å². The maximum atomic E-state index is 13.1. The fourth-order valence-electron chi connectivity index (χ4n) is 2.36. The Labute approximate surface area is 147 Å². The predicted octanol–water partition coefficient (Wildman–Crippen LogP) is 3.32. The molecule has 2 aromatic rings. The number of hydrogen-bond donors (Lipinski definition) is 2. The molecule has 0 atom stereocenters. The molecule has 0 radical (unpaired) electrons. The van der Waals surface area contributed by atoms with Crippen LogP contribution in [-0.4, -0.2) is 31.1 Å². The summed E-state index contributed by atoms with van der Waals surface area (Å²) in [5.41, 5.74) is 2.09. The number of rotatable bonds is 8. The number of guanidine groups is 1. The van der Waals surface area contributed by atoms with Gasteiger partial charge in [0.15, 0.2) is 5.96 Å². The first-order valence-electron chi connectivity index (χ1n) is 8.27. The summed E-state index contributed by atoms with van der Waals surface area (Å²) < 4.78 is 13.1. The molecule has 0 saturated heterocycles. The highest BCUT2D eigenvalue weighted by molar-refractivity contribution is 7.09. The standard InChI is InChI=1S/C18H25FN4S/c1-14-13-24-17(23-14)8-3-4-10-21-18(20-2)22-11-9-15-6-5-7-16(19)12-15/h5-7,12-13H,3-4,8-11H2,1-2H3,(H2,20,21,22). The van der Waals surface area contributed by atoms with Crippen molar-refractivity contribution in [2.24, 2.45) is 4.99 Å². The highest BCUT2D eigenvalue weighted by Crippen LogP contribution is 2.11. The lowest BCUT2D eigenvalue weighted by atomic mass is 10.1. The third-order valence-electron chi connectivity index (χ3n) is 3.60. The molecule has 2 rings (SSSR count). The van der Waals surface area contributed by atoms with E-state index in [-0.39, 0.29) is 5.82 Å². The third-order valence-corrected chi connectivity index (χ3v) is 4.62. The Morgan fingerprint density at radius 2 is 2.04 bits per heavy atom. The van der Waals surface area contributed by atoms with Gasteiger partial charge >= 0.3 is 0 Å². The second-order valence-electron chi connectivity index (χ2n) is 5.65. The number of nitrogens with one attached hydrogen (secondary N) is 2. The van der Waals surface area contributed by atoms with Crippen LogP contribution in [-0.2, 0) is 12.8 Å². The average molecular weight is 348 g/mol. The summed E-state index contributed by atoms with van der Waals surface area (Å²) in [4.78, 5) is 8.68. The minimum absolute atomic E-state index is 0.189. The van der Waals surface area contributed by atoms with E-state index in [1.807, 2.05) is 13.0 Å². The third kappa shape index (κ3) is 6.66. The number of aromatic nitrogens is 1. The molecule has 0 spiro atoms. The topological polar surface area (TPSA) is 49.3 Å². The van der Waals surface area contributed by atoms with Gasteiger partial charge in [-0.2, -0.15) is 0 Å². The number of thiazole rings is 1. The van der Waals surface area contributed by atoms with Crippen molar-refractivity contribution in [3.8, 4) is 0 Å². The molecule has 0 aliphatic carbocycles. The maximum absolute atomic E-state index is 13.1. The molecule has 0 bridgehead atoms. The first-order valence-corrected chi connectivity index (χ1v) is 9.15. The Bertz CT molecular complexity index is 654. The van der Waals surface area contributed by atoms with Crippen molar-refractivity contribution in [2.75, 3.05) is 20.1 Å². The van der Waals surface area contributed by atoms with Crippen LogP contribution in [0.3, 0.4) is 0 Å². The minimum atomic E-state index is -0.189. The van der Waals surface area contributed by atoms with Crippen LogP contribution in [0.5, 0.6) is 0 Å². The summed E-state index contributed by atoms with van der Waals surface area (Å²) in [7, 11) is 1.76. The Hall–Kier alpha value is -1.95. The van der Waals surface area contributed by atoms with E-state index in [4.69, 9.17) is 0 Å². The number of unbranched alkanes of at least 4 members (excludes halogenated alkanes) is 1. The number of hydrogen-bond acceptors (Lipinski definition) is 3. The largest absolute Gasteiger partial charge is 0.356 e. The lowest BCUT2D eigenvalue weighted by molar-refractivity contribution is 0.625. The van der Waals surface area contributed by atoms with Crippen LogP contribution in [0.15, 0.2) is 34.6 Å². The lowest BCUT2D eigenvalue weighted by Gasteiger charge is -2.11. The zero-order valence-corrected chi connectivity index (χ0v) is 15.1. The molecule has 1 aromatic heterocycles. The highest BCUT2D eigenvalue weighted by Gasteiger charge is 2.01. The molecule has 0 fully saturated rings. The van der Waals surface area contributed by atoms with Gasteiger partial charge in [0.1, 0.15) is 5.82 Å². The number of benzene rings is 1. The van der Waals surface area contributed by atoms with E-state index in [0.717, 1.165) is 56.0 Å². The van der Waals surface area contributed by atoms with E-state index < -0.39 is 0 Å². The fraction of sp³-hybridized carbons (Fsp3) is 0.444. The molecule has 24 heavy (non-hydrogen) atoms. The van der Waals surface area contributed by atoms with Crippen LogP contribution in [0.2, 0.25) is 0 Å². The second kappa shape index (κ2) is 10.0. The molecule has 0 aliphatic heterocycles. The van der Waals surface area contributed by atoms with Crippen LogP contribution >= 0.6 is 11.3 Å². The molecular formula is C18H25FN4S. The molecule has 0 amide bonds. The van der Waals surface area contributed by atoms with Gasteiger partial charge in [0.2, 0.25) is 0 Å². The van der Waals surface area contributed by atoms with Gasteiger partial charge in [0.25, 0.3) is 0 Å². The fourth-order valence-corrected chi connectivity index (χ4v) is 3.18. The molecule has 6 heteroatoms. The Balaban J connectivity index is 1.58. The lowest BCUT2D eigenvalue weighted by Crippen LogP contribution is -2.38. The molecule has 130 valence electrons. The van der Waals surface area contributed by atoms with Crippen LogP contribution in [0, 0.1) is 12.7 Å². The van der Waals surface area contributed by atoms with Crippen LogP contribution in [0.25, 0.3) is 0 Å². The number of aryl methyl sites for hydroxylation is 2. The minimum Gasteiger partial charge on any atom is -0.356 e. The maximum Gasteiger partial charge on any atom is 0.190 e. The Kier molecular flexibility index (Phi) is 7.68. The van der Waals surface area contributed by atoms with Crippen molar-refractivity contribution >= 4 is 17.3 Å². The first kappa shape index (κ1) is 18.4. The van der Waals surface area contributed by atoms with Crippen LogP contribution < -0.4 is 10.6 Å². The van der Waals surface area contributed by atoms with Crippen molar-refractivity contribution in [1.29, 1.82) is 0 Å². The van der Waals surface area contributed by atoms with Gasteiger partial charge in [0.05, 0.1) is 5.01 Å². The van der Waals surface area contributed by atoms with E-state index in [9.17, 15) is 4.39 Å². The molecule has 0 aliphatic rings. The first-order chi connectivity index (χ1) is 11.7. The van der Waals surface area contributed by atoms with Gasteiger partial charge in [0, 0.05) is 31.2 Å². The smallest absolute Gasteiger partial charge is 0.190 e. The SMILES string of the molecule is CN=C(NCCCCc1nc(C)cs1)NCCc1cccc(F)c1. The summed E-state index contributed by atoms with van der Waals surface area (Å²) in [5, 5.41) is 9.87. The molecule has 2 N–H and O–H groups in total. The van der Waals surface area contributed by atoms with Crippen LogP contribution in [0.4, 0.5) is 4.39 Å². The molecule has 1 aromatic carbocycles. The van der Waals surface area contributed by atoms with Gasteiger partial charge in [-0.05, 0) is 50.3 Å². The summed E-state index contributed by atoms with van der Waals surface area (Å²) in [6.45, 7) is 3.63. The number of halogens is 1. The Morgan fingerprint density at radius 3 is 2.75 bits per heavy atom. The van der Waals surface area contributed by atoms with E-state index in [1.54, 1.807) is 30.5 Å². The number of aliphatic imine (C=N–C) groups is 1. The van der Waals surface area contributed by atoms with Gasteiger partial charge in [-0.1, -0.05) is 12.1 Å². The van der Waals surface area contributed by atoms with E-state index >= 15 is 0 Å². The van der Waals surface area contributed by atoms with Gasteiger partial charge in [-0.15, -0.1) is 11.3 Å². The zero-order valence-electron chi connectivity index (χ0n) is 14.3. The van der Waals surface area contributed by atoms with Crippen molar-refractivity contribution < 1.29 is 4.39 Å². The van der Waals surface area contributed by atoms with Crippen molar-refractivity contribution in [3.63, 3.8) is 0 Å². The molecule has 0 unspecified atom stereocenters. The van der Waals surface area contributed by atoms with Gasteiger partial charge < -0.3 is 10.6 Å². The van der Waals surface area contributed by atoms with E-state index in [0.29, 0.717) is 0 Å². The molecule has 1 heterocycles. The van der Waals surface area contributed by atoms with Gasteiger partial charge in [-0.3, -0.25) is 4.99 Å². The summed E-state index contributed by atoms with van der Waals surface area (Å²) in [6, 6.07) is 6.70. The van der Waals surface area contributed by atoms with Crippen LogP contribution in [0.1, 0.15) is 29.1 Å². The normalized spacial score (nSPS) is 11.5. The van der Waals surface area contributed by atoms with Gasteiger partial charge in [-0.25, -0.2) is 9.37 Å². The summed E-state index contributed by atoms with van der Waals surface area (Å²) in [6.07, 6.45) is 3.98. The summed E-state index contributed by atoms with van der Waals surface area (Å²) >= 11 is 1.73. The highest BCUT2D eigenvalue weighted by atomic mass is 32.1. The zero-order chi connectivity index (χ0) is 17.2. The monoisotopic (exact) mass is 348 g/mol. The average Bonchev–Trinajstić information content (AvgIpc) is 2.98. The summed E-state index contributed by atoms with van der Waals surface area (Å²) in [5.74, 6) is 0.599. The van der Waals surface area contributed by atoms with E-state index in [2.05, 4.69) is 26.0 Å². The second-order valence-corrected chi connectivity index (χ2v) is 6.59. The van der Waals surface area contributed by atoms with E-state index in [1.165, 1.54) is 11.1 Å². The molecular weight excluding hydrogens is 323 g/mol. The predicted molar refractivity (Wildman–Crippen MR) is 99.3 cm³/mol. The molecule has 0 saturated carbocycles.